The fourth-order valence-corrected chi connectivity index (χ4v) is 4.00. The van der Waals surface area contributed by atoms with Gasteiger partial charge < -0.3 is 5.32 Å². The third kappa shape index (κ3) is 2.47. The van der Waals surface area contributed by atoms with Crippen molar-refractivity contribution in [3.8, 4) is 0 Å². The molecule has 0 amide bonds. The molecule has 1 aliphatic rings. The highest BCUT2D eigenvalue weighted by molar-refractivity contribution is 7.11. The van der Waals surface area contributed by atoms with Gasteiger partial charge in [-0.2, -0.15) is 0 Å². The Bertz CT molecular complexity index is 582. The van der Waals surface area contributed by atoms with Crippen LogP contribution in [-0.4, -0.2) is 0 Å². The molecule has 0 fully saturated rings. The minimum absolute atomic E-state index is 0.302. The van der Waals surface area contributed by atoms with Crippen LogP contribution in [0.3, 0.4) is 0 Å². The van der Waals surface area contributed by atoms with Crippen molar-refractivity contribution in [1.82, 2.24) is 5.32 Å². The Morgan fingerprint density at radius 2 is 2.00 bits per heavy atom. The highest BCUT2D eigenvalue weighted by Gasteiger charge is 2.38. The molecule has 100 valence electrons. The van der Waals surface area contributed by atoms with Gasteiger partial charge in [-0.3, -0.25) is 0 Å². The first-order valence-corrected chi connectivity index (χ1v) is 7.74. The Morgan fingerprint density at radius 3 is 2.74 bits per heavy atom. The summed E-state index contributed by atoms with van der Waals surface area (Å²) in [7, 11) is 0. The zero-order valence-corrected chi connectivity index (χ0v) is 12.7. The van der Waals surface area contributed by atoms with Crippen LogP contribution in [0, 0.1) is 12.3 Å². The number of fused-ring (bicyclic) bond motifs is 1. The molecular weight excluding hydrogens is 250 g/mol. The van der Waals surface area contributed by atoms with E-state index in [2.05, 4.69) is 62.5 Å². The molecule has 1 aromatic heterocycles. The summed E-state index contributed by atoms with van der Waals surface area (Å²) < 4.78 is 0. The van der Waals surface area contributed by atoms with Crippen molar-refractivity contribution < 1.29 is 0 Å². The molecule has 0 bridgehead atoms. The number of thiophene rings is 1. The SMILES string of the molecule is Cc1ccc(CNC2c3ccccc3CC2(C)C)s1. The molecule has 1 nitrogen and oxygen atoms in total. The number of rotatable bonds is 3. The van der Waals surface area contributed by atoms with Crippen LogP contribution in [0.4, 0.5) is 0 Å². The summed E-state index contributed by atoms with van der Waals surface area (Å²) in [5.74, 6) is 0. The normalized spacial score (nSPS) is 20.5. The monoisotopic (exact) mass is 271 g/mol. The molecule has 1 N–H and O–H groups in total. The fourth-order valence-electron chi connectivity index (χ4n) is 3.16. The van der Waals surface area contributed by atoms with Crippen LogP contribution < -0.4 is 5.32 Å². The topological polar surface area (TPSA) is 12.0 Å². The second-order valence-corrected chi connectivity index (χ2v) is 7.56. The number of nitrogens with one attached hydrogen (secondary N) is 1. The van der Waals surface area contributed by atoms with Crippen LogP contribution in [-0.2, 0) is 13.0 Å². The van der Waals surface area contributed by atoms with Crippen molar-refractivity contribution in [3.05, 3.63) is 57.3 Å². The first kappa shape index (κ1) is 12.9. The van der Waals surface area contributed by atoms with Crippen LogP contribution in [0.5, 0.6) is 0 Å². The summed E-state index contributed by atoms with van der Waals surface area (Å²) in [6.45, 7) is 7.87. The van der Waals surface area contributed by atoms with Crippen LogP contribution in [0.25, 0.3) is 0 Å². The minimum Gasteiger partial charge on any atom is -0.305 e. The first-order valence-electron chi connectivity index (χ1n) is 6.93. The third-order valence-corrected chi connectivity index (χ3v) is 5.07. The summed E-state index contributed by atoms with van der Waals surface area (Å²) in [6.07, 6.45) is 1.17. The maximum absolute atomic E-state index is 3.77. The number of benzene rings is 1. The van der Waals surface area contributed by atoms with E-state index in [1.165, 1.54) is 27.3 Å². The summed E-state index contributed by atoms with van der Waals surface area (Å²) in [4.78, 5) is 2.82. The van der Waals surface area contributed by atoms with Gasteiger partial charge in [0, 0.05) is 22.3 Å². The zero-order valence-electron chi connectivity index (χ0n) is 11.9. The van der Waals surface area contributed by atoms with E-state index in [0.717, 1.165) is 6.54 Å². The number of aryl methyl sites for hydroxylation is 1. The van der Waals surface area contributed by atoms with Crippen molar-refractivity contribution in [3.63, 3.8) is 0 Å². The van der Waals surface area contributed by atoms with Crippen molar-refractivity contribution in [2.45, 2.75) is 39.8 Å². The standard InChI is InChI=1S/C17H21NS/c1-12-8-9-14(19-12)11-18-16-15-7-5-4-6-13(15)10-17(16,2)3/h4-9,16,18H,10-11H2,1-3H3. The van der Waals surface area contributed by atoms with Crippen LogP contribution in [0.1, 0.15) is 40.8 Å². The predicted molar refractivity (Wildman–Crippen MR) is 82.6 cm³/mol. The van der Waals surface area contributed by atoms with Gasteiger partial charge in [0.05, 0.1) is 0 Å². The maximum atomic E-state index is 3.77. The Hall–Kier alpha value is -1.12. The lowest BCUT2D eigenvalue weighted by atomic mass is 9.85. The average molecular weight is 271 g/mol. The highest BCUT2D eigenvalue weighted by atomic mass is 32.1. The van der Waals surface area contributed by atoms with Crippen LogP contribution in [0.2, 0.25) is 0 Å². The molecule has 19 heavy (non-hydrogen) atoms. The lowest BCUT2D eigenvalue weighted by Crippen LogP contribution is -2.30. The van der Waals surface area contributed by atoms with E-state index in [0.29, 0.717) is 11.5 Å². The summed E-state index contributed by atoms with van der Waals surface area (Å²) in [5.41, 5.74) is 3.30. The van der Waals surface area contributed by atoms with Gasteiger partial charge in [-0.1, -0.05) is 38.1 Å². The van der Waals surface area contributed by atoms with Gasteiger partial charge in [-0.25, -0.2) is 0 Å². The predicted octanol–water partition coefficient (Wildman–Crippen LogP) is 4.47. The van der Waals surface area contributed by atoms with Crippen molar-refractivity contribution >= 4 is 11.3 Å². The number of hydrogen-bond acceptors (Lipinski definition) is 2. The molecule has 2 aromatic rings. The van der Waals surface area contributed by atoms with E-state index in [9.17, 15) is 0 Å². The Balaban J connectivity index is 1.79. The molecule has 0 saturated carbocycles. The molecule has 1 heterocycles. The van der Waals surface area contributed by atoms with E-state index in [1.54, 1.807) is 0 Å². The summed E-state index contributed by atoms with van der Waals surface area (Å²) >= 11 is 1.89. The molecule has 0 saturated heterocycles. The van der Waals surface area contributed by atoms with Crippen molar-refractivity contribution in [1.29, 1.82) is 0 Å². The van der Waals surface area contributed by atoms with Gasteiger partial charge in [0.25, 0.3) is 0 Å². The van der Waals surface area contributed by atoms with Gasteiger partial charge in [0.1, 0.15) is 0 Å². The largest absolute Gasteiger partial charge is 0.305 e. The van der Waals surface area contributed by atoms with E-state index >= 15 is 0 Å². The maximum Gasteiger partial charge on any atom is 0.0380 e. The molecule has 0 spiro atoms. The van der Waals surface area contributed by atoms with Crippen LogP contribution >= 0.6 is 11.3 Å². The van der Waals surface area contributed by atoms with Gasteiger partial charge in [0.15, 0.2) is 0 Å². The highest BCUT2D eigenvalue weighted by Crippen LogP contribution is 2.45. The van der Waals surface area contributed by atoms with E-state index in [1.807, 2.05) is 11.3 Å². The van der Waals surface area contributed by atoms with Crippen molar-refractivity contribution in [2.75, 3.05) is 0 Å². The van der Waals surface area contributed by atoms with Gasteiger partial charge in [-0.05, 0) is 42.0 Å². The third-order valence-electron chi connectivity index (χ3n) is 4.07. The molecule has 1 atom stereocenters. The quantitative estimate of drug-likeness (QED) is 0.868. The molecule has 2 heteroatoms. The van der Waals surface area contributed by atoms with Gasteiger partial charge in [-0.15, -0.1) is 11.3 Å². The lowest BCUT2D eigenvalue weighted by Gasteiger charge is -2.28. The van der Waals surface area contributed by atoms with Gasteiger partial charge in [0.2, 0.25) is 0 Å². The second kappa shape index (κ2) is 4.77. The fraction of sp³-hybridized carbons (Fsp3) is 0.412. The molecular formula is C17H21NS. The molecule has 1 aromatic carbocycles. The Kier molecular flexibility index (Phi) is 3.23. The smallest absolute Gasteiger partial charge is 0.0380 e. The first-order chi connectivity index (χ1) is 9.06. The second-order valence-electron chi connectivity index (χ2n) is 6.19. The number of hydrogen-bond donors (Lipinski definition) is 1. The Morgan fingerprint density at radius 1 is 1.21 bits per heavy atom. The lowest BCUT2D eigenvalue weighted by molar-refractivity contribution is 0.268. The summed E-state index contributed by atoms with van der Waals surface area (Å²) in [5, 5.41) is 3.77. The van der Waals surface area contributed by atoms with Crippen LogP contribution in [0.15, 0.2) is 36.4 Å². The van der Waals surface area contributed by atoms with E-state index in [4.69, 9.17) is 0 Å². The van der Waals surface area contributed by atoms with E-state index in [-0.39, 0.29) is 0 Å². The zero-order chi connectivity index (χ0) is 13.5. The minimum atomic E-state index is 0.302. The van der Waals surface area contributed by atoms with Gasteiger partial charge >= 0.3 is 0 Å². The molecule has 1 unspecified atom stereocenters. The summed E-state index contributed by atoms with van der Waals surface area (Å²) in [6, 6.07) is 13.8. The Labute approximate surface area is 119 Å². The molecule has 0 radical (unpaired) electrons. The van der Waals surface area contributed by atoms with E-state index < -0.39 is 0 Å². The van der Waals surface area contributed by atoms with Crippen molar-refractivity contribution in [2.24, 2.45) is 5.41 Å². The molecule has 1 aliphatic carbocycles. The molecule has 3 rings (SSSR count). The molecule has 0 aliphatic heterocycles. The average Bonchev–Trinajstić information content (AvgIpc) is 2.87.